The van der Waals surface area contributed by atoms with Gasteiger partial charge in [-0.25, -0.2) is 9.37 Å². The summed E-state index contributed by atoms with van der Waals surface area (Å²) in [5, 5.41) is 6.18. The molecule has 3 aromatic rings. The standard InChI is InChI=1S/C21H21F4N5O/c1-26-20(28-11-15-2-5-17(6-3-15)31-13-21(23,24)25)29-12-16-4-7-19(18(22)10-16)30-9-8-27-14-30/h2-10,14H,11-13H2,1H3,(H2,26,28,29). The highest BCUT2D eigenvalue weighted by Gasteiger charge is 2.28. The van der Waals surface area contributed by atoms with Gasteiger partial charge < -0.3 is 19.9 Å². The molecule has 0 unspecified atom stereocenters. The highest BCUT2D eigenvalue weighted by atomic mass is 19.4. The number of hydrogen-bond donors (Lipinski definition) is 2. The highest BCUT2D eigenvalue weighted by Crippen LogP contribution is 2.19. The normalized spacial score (nSPS) is 12.0. The van der Waals surface area contributed by atoms with Crippen molar-refractivity contribution >= 4 is 5.96 Å². The van der Waals surface area contributed by atoms with Gasteiger partial charge in [0.05, 0.1) is 12.0 Å². The van der Waals surface area contributed by atoms with Gasteiger partial charge in [0, 0.05) is 32.5 Å². The predicted octanol–water partition coefficient (Wildman–Crippen LogP) is 3.82. The molecule has 0 amide bonds. The summed E-state index contributed by atoms with van der Waals surface area (Å²) in [5.41, 5.74) is 1.97. The van der Waals surface area contributed by atoms with Crippen LogP contribution in [0.4, 0.5) is 17.6 Å². The number of hydrogen-bond acceptors (Lipinski definition) is 3. The molecule has 2 aromatic carbocycles. The third-order valence-corrected chi connectivity index (χ3v) is 4.26. The van der Waals surface area contributed by atoms with Crippen LogP contribution >= 0.6 is 0 Å². The van der Waals surface area contributed by atoms with Crippen molar-refractivity contribution in [3.8, 4) is 11.4 Å². The molecule has 0 atom stereocenters. The molecule has 164 valence electrons. The van der Waals surface area contributed by atoms with Crippen LogP contribution in [0.25, 0.3) is 5.69 Å². The maximum atomic E-state index is 14.3. The van der Waals surface area contributed by atoms with E-state index in [0.29, 0.717) is 24.7 Å². The van der Waals surface area contributed by atoms with Gasteiger partial charge in [-0.15, -0.1) is 0 Å². The molecule has 0 spiro atoms. The van der Waals surface area contributed by atoms with Crippen molar-refractivity contribution < 1.29 is 22.3 Å². The van der Waals surface area contributed by atoms with Gasteiger partial charge in [-0.3, -0.25) is 4.99 Å². The highest BCUT2D eigenvalue weighted by molar-refractivity contribution is 5.79. The lowest BCUT2D eigenvalue weighted by molar-refractivity contribution is -0.153. The minimum Gasteiger partial charge on any atom is -0.484 e. The number of rotatable bonds is 7. The fourth-order valence-corrected chi connectivity index (χ4v) is 2.73. The number of imidazole rings is 1. The molecular weight excluding hydrogens is 414 g/mol. The van der Waals surface area contributed by atoms with Crippen LogP contribution in [0.15, 0.2) is 66.2 Å². The molecule has 0 aliphatic rings. The number of ether oxygens (including phenoxy) is 1. The first-order chi connectivity index (χ1) is 14.8. The summed E-state index contributed by atoms with van der Waals surface area (Å²) in [6.07, 6.45) is 0.392. The number of benzene rings is 2. The van der Waals surface area contributed by atoms with E-state index in [-0.39, 0.29) is 11.6 Å². The summed E-state index contributed by atoms with van der Waals surface area (Å²) >= 11 is 0. The zero-order valence-corrected chi connectivity index (χ0v) is 16.7. The molecule has 0 saturated carbocycles. The Morgan fingerprint density at radius 3 is 2.32 bits per heavy atom. The summed E-state index contributed by atoms with van der Waals surface area (Å²) < 4.78 is 57.2. The van der Waals surface area contributed by atoms with E-state index in [1.54, 1.807) is 48.3 Å². The Hall–Kier alpha value is -3.56. The van der Waals surface area contributed by atoms with Crippen LogP contribution in [0.3, 0.4) is 0 Å². The summed E-state index contributed by atoms with van der Waals surface area (Å²) in [5.74, 6) is 0.273. The topological polar surface area (TPSA) is 63.5 Å². The second-order valence-electron chi connectivity index (χ2n) is 6.58. The lowest BCUT2D eigenvalue weighted by Gasteiger charge is -2.13. The van der Waals surface area contributed by atoms with Gasteiger partial charge in [0.1, 0.15) is 11.6 Å². The minimum atomic E-state index is -4.37. The Kier molecular flexibility index (Phi) is 7.11. The fourth-order valence-electron chi connectivity index (χ4n) is 2.73. The smallest absolute Gasteiger partial charge is 0.422 e. The number of halogens is 4. The Bertz CT molecular complexity index is 1000. The van der Waals surface area contributed by atoms with E-state index in [9.17, 15) is 17.6 Å². The third kappa shape index (κ3) is 6.73. The second-order valence-corrected chi connectivity index (χ2v) is 6.58. The molecule has 0 aliphatic carbocycles. The first-order valence-electron chi connectivity index (χ1n) is 9.34. The average molecular weight is 435 g/mol. The van der Waals surface area contributed by atoms with E-state index in [1.165, 1.54) is 24.5 Å². The van der Waals surface area contributed by atoms with Crippen LogP contribution in [0, 0.1) is 5.82 Å². The maximum Gasteiger partial charge on any atom is 0.422 e. The van der Waals surface area contributed by atoms with Gasteiger partial charge in [-0.05, 0) is 35.4 Å². The zero-order valence-electron chi connectivity index (χ0n) is 16.7. The van der Waals surface area contributed by atoms with Gasteiger partial charge in [0.2, 0.25) is 0 Å². The number of alkyl halides is 3. The van der Waals surface area contributed by atoms with E-state index in [2.05, 4.69) is 25.3 Å². The molecule has 0 aliphatic heterocycles. The lowest BCUT2D eigenvalue weighted by atomic mass is 10.2. The third-order valence-electron chi connectivity index (χ3n) is 4.26. The fraction of sp³-hybridized carbons (Fsp3) is 0.238. The molecule has 6 nitrogen and oxygen atoms in total. The van der Waals surface area contributed by atoms with Gasteiger partial charge in [-0.1, -0.05) is 18.2 Å². The second kappa shape index (κ2) is 9.96. The van der Waals surface area contributed by atoms with Gasteiger partial charge in [-0.2, -0.15) is 13.2 Å². The van der Waals surface area contributed by atoms with Crippen LogP contribution in [0.2, 0.25) is 0 Å². The largest absolute Gasteiger partial charge is 0.484 e. The number of guanidine groups is 1. The van der Waals surface area contributed by atoms with Crippen molar-refractivity contribution in [1.29, 1.82) is 0 Å². The molecule has 2 N–H and O–H groups in total. The minimum absolute atomic E-state index is 0.143. The van der Waals surface area contributed by atoms with Crippen LogP contribution < -0.4 is 15.4 Å². The van der Waals surface area contributed by atoms with E-state index in [0.717, 1.165) is 11.1 Å². The molecule has 1 heterocycles. The summed E-state index contributed by atoms with van der Waals surface area (Å²) in [6, 6.07) is 11.2. The molecule has 0 bridgehead atoms. The van der Waals surface area contributed by atoms with Gasteiger partial charge >= 0.3 is 6.18 Å². The van der Waals surface area contributed by atoms with E-state index >= 15 is 0 Å². The van der Waals surface area contributed by atoms with Crippen molar-refractivity contribution in [1.82, 2.24) is 20.2 Å². The van der Waals surface area contributed by atoms with E-state index in [1.807, 2.05) is 0 Å². The van der Waals surface area contributed by atoms with Gasteiger partial charge in [0.25, 0.3) is 0 Å². The number of aromatic nitrogens is 2. The molecule has 1 aromatic heterocycles. The summed E-state index contributed by atoms with van der Waals surface area (Å²) in [4.78, 5) is 8.02. The van der Waals surface area contributed by atoms with Crippen LogP contribution in [-0.2, 0) is 13.1 Å². The SMILES string of the molecule is CN=C(NCc1ccc(OCC(F)(F)F)cc1)NCc1ccc(-n2ccnc2)c(F)c1. The van der Waals surface area contributed by atoms with E-state index < -0.39 is 12.8 Å². The monoisotopic (exact) mass is 435 g/mol. The predicted molar refractivity (Wildman–Crippen MR) is 109 cm³/mol. The van der Waals surface area contributed by atoms with E-state index in [4.69, 9.17) is 0 Å². The molecule has 31 heavy (non-hydrogen) atoms. The van der Waals surface area contributed by atoms with Crippen molar-refractivity contribution in [2.24, 2.45) is 4.99 Å². The first-order valence-corrected chi connectivity index (χ1v) is 9.34. The molecule has 10 heteroatoms. The molecule has 0 radical (unpaired) electrons. The number of aliphatic imine (C=N–C) groups is 1. The molecular formula is C21H21F4N5O. The Morgan fingerprint density at radius 2 is 1.74 bits per heavy atom. The number of nitrogens with one attached hydrogen (secondary N) is 2. The Labute approximate surface area is 176 Å². The number of nitrogens with zero attached hydrogens (tertiary/aromatic N) is 3. The quantitative estimate of drug-likeness (QED) is 0.337. The van der Waals surface area contributed by atoms with Gasteiger partial charge in [0.15, 0.2) is 12.6 Å². The van der Waals surface area contributed by atoms with Crippen LogP contribution in [0.5, 0.6) is 5.75 Å². The Balaban J connectivity index is 1.49. The van der Waals surface area contributed by atoms with Crippen molar-refractivity contribution in [2.75, 3.05) is 13.7 Å². The maximum absolute atomic E-state index is 14.3. The van der Waals surface area contributed by atoms with Crippen molar-refractivity contribution in [3.05, 3.63) is 78.1 Å². The van der Waals surface area contributed by atoms with Crippen molar-refractivity contribution in [3.63, 3.8) is 0 Å². The first kappa shape index (κ1) is 22.1. The summed E-state index contributed by atoms with van der Waals surface area (Å²) in [6.45, 7) is -0.580. The molecule has 3 rings (SSSR count). The molecule has 0 fully saturated rings. The van der Waals surface area contributed by atoms with Crippen LogP contribution in [0.1, 0.15) is 11.1 Å². The van der Waals surface area contributed by atoms with Crippen LogP contribution in [-0.4, -0.2) is 35.3 Å². The van der Waals surface area contributed by atoms with Crippen molar-refractivity contribution in [2.45, 2.75) is 19.3 Å². The molecule has 0 saturated heterocycles. The zero-order chi connectivity index (χ0) is 22.3. The summed E-state index contributed by atoms with van der Waals surface area (Å²) in [7, 11) is 1.60. The average Bonchev–Trinajstić information content (AvgIpc) is 3.27. The lowest BCUT2D eigenvalue weighted by Crippen LogP contribution is -2.36. The Morgan fingerprint density at radius 1 is 1.06 bits per heavy atom.